The summed E-state index contributed by atoms with van der Waals surface area (Å²) in [6, 6.07) is 3.20. The molecule has 1 atom stereocenters. The van der Waals surface area contributed by atoms with Crippen molar-refractivity contribution in [3.05, 3.63) is 30.4 Å². The highest BCUT2D eigenvalue weighted by molar-refractivity contribution is 6.01. The second kappa shape index (κ2) is 7.34. The summed E-state index contributed by atoms with van der Waals surface area (Å²) in [6.45, 7) is 6.49. The van der Waals surface area contributed by atoms with E-state index in [0.717, 1.165) is 13.1 Å². The maximum Gasteiger partial charge on any atom is 0.256 e. The van der Waals surface area contributed by atoms with Crippen molar-refractivity contribution in [2.24, 2.45) is 0 Å². The maximum atomic E-state index is 12.8. The van der Waals surface area contributed by atoms with Crippen molar-refractivity contribution in [3.8, 4) is 5.75 Å². The van der Waals surface area contributed by atoms with Gasteiger partial charge in [-0.1, -0.05) is 6.58 Å². The number of aliphatic hydroxyl groups excluding tert-OH is 1. The smallest absolute Gasteiger partial charge is 0.256 e. The van der Waals surface area contributed by atoms with E-state index >= 15 is 0 Å². The van der Waals surface area contributed by atoms with E-state index in [-0.39, 0.29) is 5.91 Å². The van der Waals surface area contributed by atoms with Crippen molar-refractivity contribution < 1.29 is 14.6 Å². The molecule has 7 heteroatoms. The van der Waals surface area contributed by atoms with Crippen LogP contribution in [0.1, 0.15) is 10.4 Å². The molecule has 23 heavy (non-hydrogen) atoms. The summed E-state index contributed by atoms with van der Waals surface area (Å²) in [7, 11) is 3.53. The Labute approximate surface area is 136 Å². The van der Waals surface area contributed by atoms with Gasteiger partial charge in [-0.3, -0.25) is 4.79 Å². The Balaban J connectivity index is 2.33. The number of nitrogens with one attached hydrogen (secondary N) is 1. The molecule has 1 aromatic carbocycles. The zero-order valence-corrected chi connectivity index (χ0v) is 13.6. The van der Waals surface area contributed by atoms with Gasteiger partial charge in [0.25, 0.3) is 5.91 Å². The van der Waals surface area contributed by atoms with Gasteiger partial charge in [0.15, 0.2) is 0 Å². The van der Waals surface area contributed by atoms with E-state index in [4.69, 9.17) is 10.5 Å². The van der Waals surface area contributed by atoms with Crippen molar-refractivity contribution in [2.75, 3.05) is 51.4 Å². The number of benzene rings is 1. The van der Waals surface area contributed by atoms with Gasteiger partial charge in [-0.25, -0.2) is 0 Å². The Kier molecular flexibility index (Phi) is 5.46. The highest BCUT2D eigenvalue weighted by Gasteiger charge is 2.24. The zero-order chi connectivity index (χ0) is 17.0. The van der Waals surface area contributed by atoms with Gasteiger partial charge in [-0.15, -0.1) is 0 Å². The molecule has 2 rings (SSSR count). The van der Waals surface area contributed by atoms with Crippen LogP contribution < -0.4 is 15.8 Å². The Hall–Kier alpha value is -2.25. The summed E-state index contributed by atoms with van der Waals surface area (Å²) in [5, 5.41) is 12.6. The molecule has 1 aliphatic heterocycles. The van der Waals surface area contributed by atoms with Crippen LogP contribution in [0, 0.1) is 0 Å². The summed E-state index contributed by atoms with van der Waals surface area (Å²) in [4.78, 5) is 16.8. The van der Waals surface area contributed by atoms with E-state index in [9.17, 15) is 9.90 Å². The fourth-order valence-corrected chi connectivity index (χ4v) is 2.47. The van der Waals surface area contributed by atoms with E-state index in [2.05, 4.69) is 16.8 Å². The van der Waals surface area contributed by atoms with Gasteiger partial charge in [-0.2, -0.15) is 0 Å². The molecule has 1 aromatic rings. The molecule has 0 saturated carbocycles. The first-order valence-corrected chi connectivity index (χ1v) is 7.48. The summed E-state index contributed by atoms with van der Waals surface area (Å²) >= 11 is 0. The summed E-state index contributed by atoms with van der Waals surface area (Å²) in [6.07, 6.45) is 0.367. The van der Waals surface area contributed by atoms with Crippen LogP contribution in [0.25, 0.3) is 0 Å². The van der Waals surface area contributed by atoms with Gasteiger partial charge >= 0.3 is 0 Å². The molecule has 1 unspecified atom stereocenters. The number of rotatable bonds is 5. The van der Waals surface area contributed by atoms with Crippen molar-refractivity contribution in [3.63, 3.8) is 0 Å². The lowest BCUT2D eigenvalue weighted by Crippen LogP contribution is -2.47. The number of likely N-dealkylation sites (N-methyl/N-ethyl adjacent to an activating group) is 1. The van der Waals surface area contributed by atoms with Crippen LogP contribution in [0.15, 0.2) is 24.8 Å². The first kappa shape index (κ1) is 17.1. The molecular formula is C16H24N4O3. The number of carbonyl (C=O) groups is 1. The lowest BCUT2D eigenvalue weighted by atomic mass is 10.1. The van der Waals surface area contributed by atoms with Gasteiger partial charge in [0.2, 0.25) is 0 Å². The standard InChI is InChI=1S/C16H24N4O3/c1-4-15(21)18-13-10-12(17)14(23-3)9-11(13)16(22)20-7-5-19(2)6-8-20/h4,9-10,15,18,21H,1,5-8,17H2,2-3H3. The number of piperazine rings is 1. The molecule has 1 aliphatic rings. The molecule has 7 nitrogen and oxygen atoms in total. The van der Waals surface area contributed by atoms with Crippen LogP contribution in [0.3, 0.4) is 0 Å². The minimum atomic E-state index is -0.971. The number of nitrogens with two attached hydrogens (primary N) is 1. The van der Waals surface area contributed by atoms with Crippen molar-refractivity contribution in [1.82, 2.24) is 9.80 Å². The molecule has 1 fully saturated rings. The second-order valence-corrected chi connectivity index (χ2v) is 5.56. The largest absolute Gasteiger partial charge is 0.495 e. The van der Waals surface area contributed by atoms with Gasteiger partial charge < -0.3 is 30.7 Å². The van der Waals surface area contributed by atoms with E-state index < -0.39 is 6.23 Å². The normalized spacial score (nSPS) is 16.7. The lowest BCUT2D eigenvalue weighted by molar-refractivity contribution is 0.0664. The number of ether oxygens (including phenoxy) is 1. The Morgan fingerprint density at radius 1 is 1.43 bits per heavy atom. The third-order valence-electron chi connectivity index (χ3n) is 3.92. The topological polar surface area (TPSA) is 91.1 Å². The Morgan fingerprint density at radius 3 is 2.65 bits per heavy atom. The molecule has 0 aromatic heterocycles. The highest BCUT2D eigenvalue weighted by atomic mass is 16.5. The second-order valence-electron chi connectivity index (χ2n) is 5.56. The lowest BCUT2D eigenvalue weighted by Gasteiger charge is -2.33. The summed E-state index contributed by atoms with van der Waals surface area (Å²) < 4.78 is 5.21. The average molecular weight is 320 g/mol. The number of hydrogen-bond acceptors (Lipinski definition) is 6. The molecule has 0 spiro atoms. The van der Waals surface area contributed by atoms with Crippen LogP contribution in [0.2, 0.25) is 0 Å². The summed E-state index contributed by atoms with van der Waals surface area (Å²) in [5.41, 5.74) is 7.18. The molecular weight excluding hydrogens is 296 g/mol. The van der Waals surface area contributed by atoms with Crippen molar-refractivity contribution >= 4 is 17.3 Å². The van der Waals surface area contributed by atoms with Crippen LogP contribution in [0.5, 0.6) is 5.75 Å². The molecule has 126 valence electrons. The minimum absolute atomic E-state index is 0.116. The maximum absolute atomic E-state index is 12.8. The van der Waals surface area contributed by atoms with Crippen LogP contribution >= 0.6 is 0 Å². The third-order valence-corrected chi connectivity index (χ3v) is 3.92. The van der Waals surface area contributed by atoms with Gasteiger partial charge in [0.05, 0.1) is 24.0 Å². The third kappa shape index (κ3) is 3.94. The number of amides is 1. The van der Waals surface area contributed by atoms with Gasteiger partial charge in [0, 0.05) is 26.2 Å². The number of anilines is 2. The zero-order valence-electron chi connectivity index (χ0n) is 13.6. The van der Waals surface area contributed by atoms with Gasteiger partial charge in [0.1, 0.15) is 12.0 Å². The predicted octanol–water partition coefficient (Wildman–Crippen LogP) is 0.581. The first-order chi connectivity index (χ1) is 11.0. The van der Waals surface area contributed by atoms with E-state index in [0.29, 0.717) is 35.8 Å². The predicted molar refractivity (Wildman–Crippen MR) is 90.6 cm³/mol. The number of nitrogen functional groups attached to an aromatic ring is 1. The number of nitrogens with zero attached hydrogens (tertiary/aromatic N) is 2. The monoisotopic (exact) mass is 320 g/mol. The van der Waals surface area contributed by atoms with Crippen LogP contribution in [0.4, 0.5) is 11.4 Å². The molecule has 1 amide bonds. The molecule has 1 saturated heterocycles. The highest BCUT2D eigenvalue weighted by Crippen LogP contribution is 2.30. The molecule has 4 N–H and O–H groups in total. The molecule has 0 bridgehead atoms. The fourth-order valence-electron chi connectivity index (χ4n) is 2.47. The quantitative estimate of drug-likeness (QED) is 0.418. The number of methoxy groups -OCH3 is 1. The van der Waals surface area contributed by atoms with E-state index in [1.165, 1.54) is 13.2 Å². The van der Waals surface area contributed by atoms with Crippen molar-refractivity contribution in [1.29, 1.82) is 0 Å². The molecule has 0 aliphatic carbocycles. The van der Waals surface area contributed by atoms with Crippen LogP contribution in [-0.4, -0.2) is 67.4 Å². The van der Waals surface area contributed by atoms with Crippen molar-refractivity contribution in [2.45, 2.75) is 6.23 Å². The molecule has 0 radical (unpaired) electrons. The SMILES string of the molecule is C=CC(O)Nc1cc(N)c(OC)cc1C(=O)N1CCN(C)CC1. The average Bonchev–Trinajstić information content (AvgIpc) is 2.55. The Morgan fingerprint density at radius 2 is 2.09 bits per heavy atom. The van der Waals surface area contributed by atoms with Gasteiger partial charge in [-0.05, 0) is 25.3 Å². The van der Waals surface area contributed by atoms with Crippen LogP contribution in [-0.2, 0) is 0 Å². The first-order valence-electron chi connectivity index (χ1n) is 7.48. The Bertz CT molecular complexity index is 583. The fraction of sp³-hybridized carbons (Fsp3) is 0.438. The van der Waals surface area contributed by atoms with E-state index in [1.807, 2.05) is 7.05 Å². The van der Waals surface area contributed by atoms with E-state index in [1.54, 1.807) is 17.0 Å². The number of aliphatic hydroxyl groups is 1. The number of hydrogen-bond donors (Lipinski definition) is 3. The molecule has 1 heterocycles. The summed E-state index contributed by atoms with van der Waals surface area (Å²) in [5.74, 6) is 0.316. The minimum Gasteiger partial charge on any atom is -0.495 e. The number of carbonyl (C=O) groups excluding carboxylic acids is 1.